The third kappa shape index (κ3) is 3.11. The lowest BCUT2D eigenvalue weighted by atomic mass is 10.1. The molecule has 1 atom stereocenters. The zero-order chi connectivity index (χ0) is 8.81. The fourth-order valence-electron chi connectivity index (χ4n) is 1.86. The Labute approximate surface area is 76.1 Å². The van der Waals surface area contributed by atoms with Crippen molar-refractivity contribution in [1.29, 1.82) is 0 Å². The van der Waals surface area contributed by atoms with E-state index in [9.17, 15) is 0 Å². The smallest absolute Gasteiger partial charge is 0.0571 e. The minimum Gasteiger partial charge on any atom is -0.316 e. The van der Waals surface area contributed by atoms with Crippen LogP contribution in [0.1, 0.15) is 45.4 Å². The number of nitrogens with zero attached hydrogens (tertiary/aromatic N) is 1. The van der Waals surface area contributed by atoms with Crippen molar-refractivity contribution < 1.29 is 0 Å². The van der Waals surface area contributed by atoms with Crippen LogP contribution in [0.2, 0.25) is 0 Å². The summed E-state index contributed by atoms with van der Waals surface area (Å²) in [5.41, 5.74) is 6.05. The van der Waals surface area contributed by atoms with Gasteiger partial charge < -0.3 is 5.73 Å². The third-order valence-electron chi connectivity index (χ3n) is 2.71. The summed E-state index contributed by atoms with van der Waals surface area (Å²) in [5.74, 6) is 0. The maximum atomic E-state index is 6.05. The third-order valence-corrected chi connectivity index (χ3v) is 2.71. The van der Waals surface area contributed by atoms with Crippen LogP contribution in [0.4, 0.5) is 0 Å². The summed E-state index contributed by atoms with van der Waals surface area (Å²) in [6, 6.07) is 0. The van der Waals surface area contributed by atoms with Crippen LogP contribution in [-0.2, 0) is 0 Å². The quantitative estimate of drug-likeness (QED) is 0.639. The number of likely N-dealkylation sites (tertiary alicyclic amines) is 1. The number of nitrogens with two attached hydrogens (primary N) is 1. The van der Waals surface area contributed by atoms with Crippen molar-refractivity contribution in [2.24, 2.45) is 5.73 Å². The van der Waals surface area contributed by atoms with Crippen molar-refractivity contribution in [3.05, 3.63) is 0 Å². The maximum Gasteiger partial charge on any atom is 0.0571 e. The Bertz CT molecular complexity index is 108. The second kappa shape index (κ2) is 5.55. The number of rotatable bonds is 5. The normalized spacial score (nSPS) is 21.5. The molecule has 1 saturated heterocycles. The summed E-state index contributed by atoms with van der Waals surface area (Å²) in [6.07, 6.45) is 8.17. The van der Waals surface area contributed by atoms with Crippen molar-refractivity contribution >= 4 is 0 Å². The van der Waals surface area contributed by atoms with E-state index in [2.05, 4.69) is 11.8 Å². The van der Waals surface area contributed by atoms with E-state index in [1.54, 1.807) is 0 Å². The Hall–Kier alpha value is -0.0800. The van der Waals surface area contributed by atoms with Gasteiger partial charge in [-0.05, 0) is 32.4 Å². The molecule has 1 aliphatic heterocycles. The van der Waals surface area contributed by atoms with Gasteiger partial charge >= 0.3 is 0 Å². The fraction of sp³-hybridized carbons (Fsp3) is 1.00. The Morgan fingerprint density at radius 3 is 2.50 bits per heavy atom. The Morgan fingerprint density at radius 1 is 1.25 bits per heavy atom. The molecule has 0 aromatic heterocycles. The molecule has 0 saturated carbocycles. The SMILES string of the molecule is CCCCCC(N)N1CCCC1. The first-order chi connectivity index (χ1) is 5.84. The standard InChI is InChI=1S/C10H22N2/c1-2-3-4-7-10(11)12-8-5-6-9-12/h10H,2-9,11H2,1H3. The van der Waals surface area contributed by atoms with Gasteiger partial charge in [-0.1, -0.05) is 26.2 Å². The van der Waals surface area contributed by atoms with Gasteiger partial charge in [-0.25, -0.2) is 0 Å². The average Bonchev–Trinajstić information content (AvgIpc) is 2.56. The average molecular weight is 170 g/mol. The van der Waals surface area contributed by atoms with Crippen molar-refractivity contribution in [1.82, 2.24) is 4.90 Å². The molecule has 1 aliphatic rings. The Morgan fingerprint density at radius 2 is 1.92 bits per heavy atom. The van der Waals surface area contributed by atoms with Crippen molar-refractivity contribution in [3.8, 4) is 0 Å². The summed E-state index contributed by atoms with van der Waals surface area (Å²) < 4.78 is 0. The van der Waals surface area contributed by atoms with Crippen LogP contribution in [0.25, 0.3) is 0 Å². The molecular formula is C10H22N2. The molecule has 2 heteroatoms. The molecule has 0 aromatic rings. The lowest BCUT2D eigenvalue weighted by molar-refractivity contribution is 0.231. The van der Waals surface area contributed by atoms with Gasteiger partial charge in [0.15, 0.2) is 0 Å². The summed E-state index contributed by atoms with van der Waals surface area (Å²) >= 11 is 0. The van der Waals surface area contributed by atoms with Crippen LogP contribution < -0.4 is 5.73 Å². The highest BCUT2D eigenvalue weighted by molar-refractivity contribution is 4.71. The molecule has 2 nitrogen and oxygen atoms in total. The van der Waals surface area contributed by atoms with Gasteiger partial charge in [0, 0.05) is 0 Å². The van der Waals surface area contributed by atoms with Crippen molar-refractivity contribution in [2.75, 3.05) is 13.1 Å². The maximum absolute atomic E-state index is 6.05. The highest BCUT2D eigenvalue weighted by Gasteiger charge is 2.17. The summed E-state index contributed by atoms with van der Waals surface area (Å²) in [5, 5.41) is 0. The molecule has 1 fully saturated rings. The van der Waals surface area contributed by atoms with Gasteiger partial charge in [0.05, 0.1) is 6.17 Å². The predicted molar refractivity (Wildman–Crippen MR) is 52.9 cm³/mol. The molecule has 1 unspecified atom stereocenters. The van der Waals surface area contributed by atoms with Gasteiger partial charge in [-0.2, -0.15) is 0 Å². The van der Waals surface area contributed by atoms with Gasteiger partial charge in [0.1, 0.15) is 0 Å². The predicted octanol–water partition coefficient (Wildman–Crippen LogP) is 1.95. The second-order valence-electron chi connectivity index (χ2n) is 3.81. The van der Waals surface area contributed by atoms with Crippen LogP contribution in [0.3, 0.4) is 0 Å². The number of hydrogen-bond donors (Lipinski definition) is 1. The van der Waals surface area contributed by atoms with E-state index in [1.807, 2.05) is 0 Å². The van der Waals surface area contributed by atoms with E-state index >= 15 is 0 Å². The fourth-order valence-corrected chi connectivity index (χ4v) is 1.86. The highest BCUT2D eigenvalue weighted by Crippen LogP contribution is 2.12. The molecule has 0 spiro atoms. The van der Waals surface area contributed by atoms with Gasteiger partial charge in [0.25, 0.3) is 0 Å². The minimum absolute atomic E-state index is 0.346. The van der Waals surface area contributed by atoms with Gasteiger partial charge in [-0.15, -0.1) is 0 Å². The monoisotopic (exact) mass is 170 g/mol. The molecule has 0 aliphatic carbocycles. The second-order valence-corrected chi connectivity index (χ2v) is 3.81. The minimum atomic E-state index is 0.346. The molecule has 12 heavy (non-hydrogen) atoms. The Kier molecular flexibility index (Phi) is 4.62. The molecule has 0 amide bonds. The van der Waals surface area contributed by atoms with E-state index in [4.69, 9.17) is 5.73 Å². The van der Waals surface area contributed by atoms with E-state index in [0.717, 1.165) is 0 Å². The molecule has 0 aromatic carbocycles. The number of unbranched alkanes of at least 4 members (excludes halogenated alkanes) is 2. The van der Waals surface area contributed by atoms with E-state index < -0.39 is 0 Å². The van der Waals surface area contributed by atoms with Crippen molar-refractivity contribution in [2.45, 2.75) is 51.6 Å². The Balaban J connectivity index is 2.05. The first-order valence-corrected chi connectivity index (χ1v) is 5.34. The van der Waals surface area contributed by atoms with Crippen LogP contribution in [0.15, 0.2) is 0 Å². The molecule has 2 N–H and O–H groups in total. The highest BCUT2D eigenvalue weighted by atomic mass is 15.2. The zero-order valence-corrected chi connectivity index (χ0v) is 8.26. The molecule has 0 radical (unpaired) electrons. The van der Waals surface area contributed by atoms with Gasteiger partial charge in [0.2, 0.25) is 0 Å². The summed E-state index contributed by atoms with van der Waals surface area (Å²) in [7, 11) is 0. The van der Waals surface area contributed by atoms with Gasteiger partial charge in [-0.3, -0.25) is 4.90 Å². The van der Waals surface area contributed by atoms with E-state index in [-0.39, 0.29) is 0 Å². The molecule has 1 heterocycles. The first kappa shape index (κ1) is 10.0. The first-order valence-electron chi connectivity index (χ1n) is 5.34. The van der Waals surface area contributed by atoms with Crippen molar-refractivity contribution in [3.63, 3.8) is 0 Å². The number of hydrogen-bond acceptors (Lipinski definition) is 2. The topological polar surface area (TPSA) is 29.3 Å². The molecule has 1 rings (SSSR count). The largest absolute Gasteiger partial charge is 0.316 e. The van der Waals surface area contributed by atoms with Crippen LogP contribution in [0.5, 0.6) is 0 Å². The van der Waals surface area contributed by atoms with E-state index in [0.29, 0.717) is 6.17 Å². The molecular weight excluding hydrogens is 148 g/mol. The summed E-state index contributed by atoms with van der Waals surface area (Å²) in [4.78, 5) is 2.43. The molecule has 0 bridgehead atoms. The lowest BCUT2D eigenvalue weighted by Gasteiger charge is -2.23. The van der Waals surface area contributed by atoms with Crippen LogP contribution in [0, 0.1) is 0 Å². The van der Waals surface area contributed by atoms with E-state index in [1.165, 1.54) is 51.6 Å². The molecule has 72 valence electrons. The zero-order valence-electron chi connectivity index (χ0n) is 8.26. The summed E-state index contributed by atoms with van der Waals surface area (Å²) in [6.45, 7) is 4.70. The van der Waals surface area contributed by atoms with Crippen LogP contribution in [-0.4, -0.2) is 24.2 Å². The van der Waals surface area contributed by atoms with Crippen LogP contribution >= 0.6 is 0 Å². The lowest BCUT2D eigenvalue weighted by Crippen LogP contribution is -2.39.